The maximum Gasteiger partial charge on any atom is 0.339 e. The zero-order valence-corrected chi connectivity index (χ0v) is 10.4. The third kappa shape index (κ3) is 4.97. The minimum Gasteiger partial charge on any atom is -0.462 e. The van der Waals surface area contributed by atoms with Gasteiger partial charge in [-0.2, -0.15) is 0 Å². The van der Waals surface area contributed by atoms with Gasteiger partial charge < -0.3 is 14.2 Å². The second-order valence-electron chi connectivity index (χ2n) is 3.62. The summed E-state index contributed by atoms with van der Waals surface area (Å²) in [4.78, 5) is 22.3. The van der Waals surface area contributed by atoms with Gasteiger partial charge in [0, 0.05) is 14.0 Å². The molecular weight excluding hydrogens is 236 g/mol. The van der Waals surface area contributed by atoms with Crippen molar-refractivity contribution in [3.63, 3.8) is 0 Å². The Morgan fingerprint density at radius 1 is 1.17 bits per heavy atom. The summed E-state index contributed by atoms with van der Waals surface area (Å²) in [5.41, 5.74) is 0.883. The molecule has 5 heteroatoms. The Bertz CT molecular complexity index is 388. The number of carbonyl (C=O) groups is 2. The second-order valence-corrected chi connectivity index (χ2v) is 3.62. The van der Waals surface area contributed by atoms with Crippen LogP contribution in [-0.4, -0.2) is 31.8 Å². The summed E-state index contributed by atoms with van der Waals surface area (Å²) in [6.07, 6.45) is -0.891. The molecule has 0 bridgehead atoms. The average molecular weight is 252 g/mol. The number of hydrogen-bond acceptors (Lipinski definition) is 5. The maximum absolute atomic E-state index is 11.6. The van der Waals surface area contributed by atoms with Gasteiger partial charge >= 0.3 is 11.9 Å². The summed E-state index contributed by atoms with van der Waals surface area (Å²) in [5.74, 6) is -1.02. The van der Waals surface area contributed by atoms with Crippen molar-refractivity contribution >= 4 is 11.9 Å². The molecular formula is C13H16O5. The Balaban J connectivity index is 2.40. The molecule has 0 radical (unpaired) electrons. The highest BCUT2D eigenvalue weighted by Gasteiger charge is 2.20. The molecule has 0 heterocycles. The molecule has 1 rings (SSSR count). The molecule has 1 aromatic rings. The number of methoxy groups -OCH3 is 1. The van der Waals surface area contributed by atoms with E-state index in [2.05, 4.69) is 0 Å². The highest BCUT2D eigenvalue weighted by molar-refractivity contribution is 5.75. The van der Waals surface area contributed by atoms with Gasteiger partial charge in [0.25, 0.3) is 0 Å². The molecule has 0 fully saturated rings. The molecule has 0 aromatic heterocycles. The molecule has 0 aliphatic carbocycles. The summed E-state index contributed by atoms with van der Waals surface area (Å²) < 4.78 is 14.7. The third-order valence-electron chi connectivity index (χ3n) is 2.21. The number of ether oxygens (including phenoxy) is 3. The molecule has 5 nitrogen and oxygen atoms in total. The van der Waals surface area contributed by atoms with E-state index in [0.717, 1.165) is 5.56 Å². The molecule has 18 heavy (non-hydrogen) atoms. The monoisotopic (exact) mass is 252 g/mol. The lowest BCUT2D eigenvalue weighted by Crippen LogP contribution is -2.30. The molecule has 0 aliphatic rings. The van der Waals surface area contributed by atoms with Gasteiger partial charge in [-0.1, -0.05) is 30.3 Å². The standard InChI is InChI=1S/C13H16O5/c1-10(14)17-9-12(16-2)13(15)18-8-11-6-4-3-5-7-11/h3-7,12H,8-9H2,1-2H3. The van der Waals surface area contributed by atoms with Crippen molar-refractivity contribution < 1.29 is 23.8 Å². The highest BCUT2D eigenvalue weighted by Crippen LogP contribution is 2.03. The van der Waals surface area contributed by atoms with Crippen LogP contribution in [0.25, 0.3) is 0 Å². The maximum atomic E-state index is 11.6. The lowest BCUT2D eigenvalue weighted by molar-refractivity contribution is -0.163. The van der Waals surface area contributed by atoms with Crippen LogP contribution in [0.15, 0.2) is 30.3 Å². The van der Waals surface area contributed by atoms with E-state index in [-0.39, 0.29) is 13.2 Å². The van der Waals surface area contributed by atoms with Crippen molar-refractivity contribution in [2.24, 2.45) is 0 Å². The first-order valence-corrected chi connectivity index (χ1v) is 5.50. The van der Waals surface area contributed by atoms with E-state index >= 15 is 0 Å². The van der Waals surface area contributed by atoms with Crippen molar-refractivity contribution in [2.75, 3.05) is 13.7 Å². The highest BCUT2D eigenvalue weighted by atomic mass is 16.6. The summed E-state index contributed by atoms with van der Waals surface area (Å²) in [6.45, 7) is 1.29. The van der Waals surface area contributed by atoms with E-state index in [4.69, 9.17) is 14.2 Å². The van der Waals surface area contributed by atoms with Gasteiger partial charge in [0.2, 0.25) is 0 Å². The predicted molar refractivity (Wildman–Crippen MR) is 63.7 cm³/mol. The largest absolute Gasteiger partial charge is 0.462 e. The third-order valence-corrected chi connectivity index (χ3v) is 2.21. The van der Waals surface area contributed by atoms with Gasteiger partial charge in [-0.25, -0.2) is 4.79 Å². The predicted octanol–water partition coefficient (Wildman–Crippen LogP) is 1.31. The number of esters is 2. The molecule has 98 valence electrons. The van der Waals surface area contributed by atoms with Crippen LogP contribution in [0.4, 0.5) is 0 Å². The van der Waals surface area contributed by atoms with Gasteiger partial charge in [-0.05, 0) is 5.56 Å². The van der Waals surface area contributed by atoms with Crippen LogP contribution in [0, 0.1) is 0 Å². The van der Waals surface area contributed by atoms with Gasteiger partial charge in [0.1, 0.15) is 13.2 Å². The van der Waals surface area contributed by atoms with Crippen LogP contribution in [-0.2, 0) is 30.4 Å². The van der Waals surface area contributed by atoms with Gasteiger partial charge in [0.05, 0.1) is 0 Å². The Hall–Kier alpha value is -1.88. The van der Waals surface area contributed by atoms with Crippen LogP contribution in [0.3, 0.4) is 0 Å². The van der Waals surface area contributed by atoms with Crippen LogP contribution < -0.4 is 0 Å². The zero-order valence-electron chi connectivity index (χ0n) is 10.4. The Labute approximate surface area is 106 Å². The van der Waals surface area contributed by atoms with Crippen LogP contribution in [0.5, 0.6) is 0 Å². The van der Waals surface area contributed by atoms with Crippen LogP contribution >= 0.6 is 0 Å². The topological polar surface area (TPSA) is 61.8 Å². The van der Waals surface area contributed by atoms with Crippen molar-refractivity contribution in [2.45, 2.75) is 19.6 Å². The molecule has 0 spiro atoms. The van der Waals surface area contributed by atoms with Crippen molar-refractivity contribution in [3.8, 4) is 0 Å². The van der Waals surface area contributed by atoms with E-state index in [1.54, 1.807) is 0 Å². The quantitative estimate of drug-likeness (QED) is 0.714. The number of carbonyl (C=O) groups excluding carboxylic acids is 2. The normalized spacial score (nSPS) is 11.7. The summed E-state index contributed by atoms with van der Waals surface area (Å²) >= 11 is 0. The van der Waals surface area contributed by atoms with Crippen molar-refractivity contribution in [3.05, 3.63) is 35.9 Å². The van der Waals surface area contributed by atoms with E-state index in [1.165, 1.54) is 14.0 Å². The fraction of sp³-hybridized carbons (Fsp3) is 0.385. The van der Waals surface area contributed by atoms with E-state index < -0.39 is 18.0 Å². The zero-order chi connectivity index (χ0) is 13.4. The van der Waals surface area contributed by atoms with Gasteiger partial charge in [-0.15, -0.1) is 0 Å². The number of hydrogen-bond donors (Lipinski definition) is 0. The van der Waals surface area contributed by atoms with Crippen LogP contribution in [0.2, 0.25) is 0 Å². The molecule has 0 saturated carbocycles. The molecule has 1 atom stereocenters. The smallest absolute Gasteiger partial charge is 0.339 e. The Kier molecular flexibility index (Phi) is 5.87. The Morgan fingerprint density at radius 2 is 1.83 bits per heavy atom. The number of rotatable bonds is 6. The SMILES string of the molecule is COC(COC(C)=O)C(=O)OCc1ccccc1. The molecule has 1 aromatic carbocycles. The first-order chi connectivity index (χ1) is 8.63. The van der Waals surface area contributed by atoms with Gasteiger partial charge in [-0.3, -0.25) is 4.79 Å². The molecule has 0 amide bonds. The van der Waals surface area contributed by atoms with E-state index in [9.17, 15) is 9.59 Å². The first-order valence-electron chi connectivity index (χ1n) is 5.50. The lowest BCUT2D eigenvalue weighted by Gasteiger charge is -2.14. The van der Waals surface area contributed by atoms with E-state index in [0.29, 0.717) is 0 Å². The second kappa shape index (κ2) is 7.45. The fourth-order valence-corrected chi connectivity index (χ4v) is 1.25. The van der Waals surface area contributed by atoms with E-state index in [1.807, 2.05) is 30.3 Å². The lowest BCUT2D eigenvalue weighted by atomic mass is 10.2. The summed E-state index contributed by atoms with van der Waals surface area (Å²) in [7, 11) is 1.36. The molecule has 0 saturated heterocycles. The minimum atomic E-state index is -0.891. The summed E-state index contributed by atoms with van der Waals surface area (Å²) in [5, 5.41) is 0. The van der Waals surface area contributed by atoms with Crippen molar-refractivity contribution in [1.82, 2.24) is 0 Å². The van der Waals surface area contributed by atoms with Crippen molar-refractivity contribution in [1.29, 1.82) is 0 Å². The molecule has 0 aliphatic heterocycles. The fourth-order valence-electron chi connectivity index (χ4n) is 1.25. The summed E-state index contributed by atoms with van der Waals surface area (Å²) in [6, 6.07) is 9.29. The van der Waals surface area contributed by atoms with Gasteiger partial charge in [0.15, 0.2) is 6.10 Å². The molecule has 1 unspecified atom stereocenters. The Morgan fingerprint density at radius 3 is 2.39 bits per heavy atom. The van der Waals surface area contributed by atoms with Crippen LogP contribution in [0.1, 0.15) is 12.5 Å². The minimum absolute atomic E-state index is 0.139. The first kappa shape index (κ1) is 14.2. The average Bonchev–Trinajstić information content (AvgIpc) is 2.38. The molecule has 0 N–H and O–H groups in total. The number of benzene rings is 1.